The van der Waals surface area contributed by atoms with Crippen molar-refractivity contribution >= 4 is 11.6 Å². The van der Waals surface area contributed by atoms with Crippen LogP contribution in [0.3, 0.4) is 0 Å². The highest BCUT2D eigenvalue weighted by molar-refractivity contribution is 6.30. The lowest BCUT2D eigenvalue weighted by Crippen LogP contribution is -2.13. The lowest BCUT2D eigenvalue weighted by atomic mass is 10.1. The molecule has 94 valence electrons. The predicted octanol–water partition coefficient (Wildman–Crippen LogP) is 2.74. The van der Waals surface area contributed by atoms with E-state index in [9.17, 15) is 0 Å². The number of nitrogens with one attached hydrogen (secondary N) is 1. The van der Waals surface area contributed by atoms with Crippen LogP contribution in [0.5, 0.6) is 0 Å². The highest BCUT2D eigenvalue weighted by Crippen LogP contribution is 2.21. The van der Waals surface area contributed by atoms with Gasteiger partial charge in [-0.1, -0.05) is 28.9 Å². The number of benzene rings is 1. The van der Waals surface area contributed by atoms with Gasteiger partial charge >= 0.3 is 0 Å². The maximum absolute atomic E-state index is 5.85. The van der Waals surface area contributed by atoms with Gasteiger partial charge in [-0.3, -0.25) is 0 Å². The largest absolute Gasteiger partial charge is 0.338 e. The summed E-state index contributed by atoms with van der Waals surface area (Å²) in [5, 5.41) is 8.10. The summed E-state index contributed by atoms with van der Waals surface area (Å²) in [5.41, 5.74) is 1.13. The van der Waals surface area contributed by atoms with Gasteiger partial charge in [0.25, 0.3) is 0 Å². The minimum atomic E-state index is 0.233. The van der Waals surface area contributed by atoms with E-state index in [-0.39, 0.29) is 6.04 Å². The van der Waals surface area contributed by atoms with E-state index in [0.29, 0.717) is 12.3 Å². The van der Waals surface area contributed by atoms with E-state index in [4.69, 9.17) is 16.1 Å². The fourth-order valence-electron chi connectivity index (χ4n) is 2.16. The smallest absolute Gasteiger partial charge is 0.243 e. The third kappa shape index (κ3) is 2.54. The fraction of sp³-hybridized carbons (Fsp3) is 0.385. The Labute approximate surface area is 110 Å². The van der Waals surface area contributed by atoms with Gasteiger partial charge in [-0.05, 0) is 37.1 Å². The van der Waals surface area contributed by atoms with Crippen molar-refractivity contribution in [3.63, 3.8) is 0 Å². The van der Waals surface area contributed by atoms with E-state index in [1.54, 1.807) is 0 Å². The molecule has 1 aromatic heterocycles. The number of rotatable bonds is 3. The molecule has 1 saturated heterocycles. The third-order valence-electron chi connectivity index (χ3n) is 3.12. The van der Waals surface area contributed by atoms with Crippen molar-refractivity contribution in [1.82, 2.24) is 15.5 Å². The summed E-state index contributed by atoms with van der Waals surface area (Å²) < 4.78 is 5.29. The Balaban J connectivity index is 1.71. The summed E-state index contributed by atoms with van der Waals surface area (Å²) in [6, 6.07) is 7.93. The van der Waals surface area contributed by atoms with Crippen LogP contribution in [0.25, 0.3) is 0 Å². The van der Waals surface area contributed by atoms with Crippen molar-refractivity contribution in [1.29, 1.82) is 0 Å². The second kappa shape index (κ2) is 5.08. The van der Waals surface area contributed by atoms with Gasteiger partial charge in [0, 0.05) is 11.4 Å². The van der Waals surface area contributed by atoms with Crippen LogP contribution in [0.1, 0.15) is 36.2 Å². The van der Waals surface area contributed by atoms with Gasteiger partial charge in [-0.25, -0.2) is 0 Å². The van der Waals surface area contributed by atoms with Crippen molar-refractivity contribution in [3.05, 3.63) is 46.6 Å². The quantitative estimate of drug-likeness (QED) is 0.925. The molecule has 0 amide bonds. The van der Waals surface area contributed by atoms with E-state index < -0.39 is 0 Å². The van der Waals surface area contributed by atoms with Crippen LogP contribution in [0.4, 0.5) is 0 Å². The Bertz CT molecular complexity index is 517. The van der Waals surface area contributed by atoms with Gasteiger partial charge in [-0.2, -0.15) is 4.98 Å². The number of nitrogens with zero attached hydrogens (tertiary/aromatic N) is 2. The maximum Gasteiger partial charge on any atom is 0.243 e. The molecule has 1 N–H and O–H groups in total. The van der Waals surface area contributed by atoms with Crippen molar-refractivity contribution in [2.45, 2.75) is 25.3 Å². The zero-order valence-electron chi connectivity index (χ0n) is 9.90. The van der Waals surface area contributed by atoms with E-state index in [2.05, 4.69) is 15.5 Å². The molecule has 2 aromatic rings. The first kappa shape index (κ1) is 11.7. The topological polar surface area (TPSA) is 51.0 Å². The van der Waals surface area contributed by atoms with Crippen molar-refractivity contribution in [2.75, 3.05) is 6.54 Å². The van der Waals surface area contributed by atoms with E-state index >= 15 is 0 Å². The van der Waals surface area contributed by atoms with Gasteiger partial charge < -0.3 is 9.84 Å². The summed E-state index contributed by atoms with van der Waals surface area (Å²) >= 11 is 5.85. The molecule has 0 saturated carbocycles. The van der Waals surface area contributed by atoms with Gasteiger partial charge in [0.05, 0.1) is 6.04 Å². The Morgan fingerprint density at radius 3 is 2.89 bits per heavy atom. The minimum Gasteiger partial charge on any atom is -0.338 e. The summed E-state index contributed by atoms with van der Waals surface area (Å²) in [7, 11) is 0. The number of hydrogen-bond donors (Lipinski definition) is 1. The van der Waals surface area contributed by atoms with E-state index in [1.165, 1.54) is 6.42 Å². The normalized spacial score (nSPS) is 19.3. The first-order valence-corrected chi connectivity index (χ1v) is 6.49. The first-order valence-electron chi connectivity index (χ1n) is 6.11. The highest BCUT2D eigenvalue weighted by atomic mass is 35.5. The molecule has 1 fully saturated rings. The van der Waals surface area contributed by atoms with Gasteiger partial charge in [-0.15, -0.1) is 0 Å². The van der Waals surface area contributed by atoms with Crippen LogP contribution in [0.2, 0.25) is 5.02 Å². The lowest BCUT2D eigenvalue weighted by molar-refractivity contribution is 0.341. The average molecular weight is 264 g/mol. The lowest BCUT2D eigenvalue weighted by Gasteiger charge is -2.01. The molecule has 0 radical (unpaired) electrons. The Morgan fingerprint density at radius 1 is 1.33 bits per heavy atom. The highest BCUT2D eigenvalue weighted by Gasteiger charge is 2.22. The fourth-order valence-corrected chi connectivity index (χ4v) is 2.29. The molecule has 18 heavy (non-hydrogen) atoms. The Kier molecular flexibility index (Phi) is 3.30. The second-order valence-corrected chi connectivity index (χ2v) is 4.94. The summed E-state index contributed by atoms with van der Waals surface area (Å²) in [6.45, 7) is 1.03. The standard InChI is InChI=1S/C13H14ClN3O/c14-10-5-3-9(4-6-10)8-12-16-13(18-17-12)11-2-1-7-15-11/h3-6,11,15H,1-2,7-8H2. The van der Waals surface area contributed by atoms with Crippen LogP contribution in [0, 0.1) is 0 Å². The van der Waals surface area contributed by atoms with Crippen LogP contribution in [0.15, 0.2) is 28.8 Å². The summed E-state index contributed by atoms with van der Waals surface area (Å²) in [4.78, 5) is 4.44. The molecule has 0 bridgehead atoms. The SMILES string of the molecule is Clc1ccc(Cc2noc(C3CCCN3)n2)cc1. The molecule has 1 atom stereocenters. The summed E-state index contributed by atoms with van der Waals surface area (Å²) in [5.74, 6) is 1.43. The second-order valence-electron chi connectivity index (χ2n) is 4.50. The van der Waals surface area contributed by atoms with Crippen molar-refractivity contribution < 1.29 is 4.52 Å². The van der Waals surface area contributed by atoms with Crippen LogP contribution in [-0.4, -0.2) is 16.7 Å². The van der Waals surface area contributed by atoms with Crippen LogP contribution >= 0.6 is 11.6 Å². The monoisotopic (exact) mass is 263 g/mol. The molecule has 0 aliphatic carbocycles. The molecular weight excluding hydrogens is 250 g/mol. The zero-order valence-corrected chi connectivity index (χ0v) is 10.7. The predicted molar refractivity (Wildman–Crippen MR) is 68.5 cm³/mol. The molecule has 0 spiro atoms. The van der Waals surface area contributed by atoms with Crippen molar-refractivity contribution in [3.8, 4) is 0 Å². The zero-order chi connectivity index (χ0) is 12.4. The Hall–Kier alpha value is -1.39. The van der Waals surface area contributed by atoms with Gasteiger partial charge in [0.15, 0.2) is 5.82 Å². The third-order valence-corrected chi connectivity index (χ3v) is 3.37. The van der Waals surface area contributed by atoms with E-state index in [0.717, 1.165) is 29.4 Å². The molecule has 4 nitrogen and oxygen atoms in total. The molecule has 1 aliphatic heterocycles. The van der Waals surface area contributed by atoms with Crippen LogP contribution < -0.4 is 5.32 Å². The maximum atomic E-state index is 5.85. The van der Waals surface area contributed by atoms with Gasteiger partial charge in [0.1, 0.15) is 0 Å². The molecule has 1 unspecified atom stereocenters. The number of halogens is 1. The number of aromatic nitrogens is 2. The molecule has 3 rings (SSSR count). The Morgan fingerprint density at radius 2 is 2.17 bits per heavy atom. The minimum absolute atomic E-state index is 0.233. The molecular formula is C13H14ClN3O. The molecule has 5 heteroatoms. The summed E-state index contributed by atoms with van der Waals surface area (Å²) in [6.07, 6.45) is 2.91. The molecule has 1 aliphatic rings. The van der Waals surface area contributed by atoms with Gasteiger partial charge in [0.2, 0.25) is 5.89 Å². The molecule has 2 heterocycles. The van der Waals surface area contributed by atoms with Crippen molar-refractivity contribution in [2.24, 2.45) is 0 Å². The first-order chi connectivity index (χ1) is 8.81. The average Bonchev–Trinajstić information content (AvgIpc) is 3.02. The molecule has 1 aromatic carbocycles. The number of hydrogen-bond acceptors (Lipinski definition) is 4. The van der Waals surface area contributed by atoms with E-state index in [1.807, 2.05) is 24.3 Å². The van der Waals surface area contributed by atoms with Crippen LogP contribution in [-0.2, 0) is 6.42 Å².